The predicted molar refractivity (Wildman–Crippen MR) is 141 cm³/mol. The number of hydrogen-bond donors (Lipinski definition) is 6. The summed E-state index contributed by atoms with van der Waals surface area (Å²) in [4.78, 5) is 63.1. The van der Waals surface area contributed by atoms with Gasteiger partial charge in [-0.05, 0) is 31.2 Å². The fourth-order valence-electron chi connectivity index (χ4n) is 4.19. The largest absolute Gasteiger partial charge is 0.481 e. The number of carbonyl (C=O) groups is 5. The summed E-state index contributed by atoms with van der Waals surface area (Å²) >= 11 is 0. The van der Waals surface area contributed by atoms with Gasteiger partial charge in [0, 0.05) is 19.2 Å². The first kappa shape index (κ1) is 30.5. The number of urea groups is 1. The lowest BCUT2D eigenvalue weighted by molar-refractivity contribution is -0.144. The Hall–Kier alpha value is -5.09. The van der Waals surface area contributed by atoms with E-state index in [1.54, 1.807) is 24.3 Å². The van der Waals surface area contributed by atoms with Crippen LogP contribution >= 0.6 is 0 Å². The van der Waals surface area contributed by atoms with Gasteiger partial charge in [0.15, 0.2) is 5.82 Å². The van der Waals surface area contributed by atoms with E-state index in [1.165, 1.54) is 4.90 Å². The normalized spacial score (nSPS) is 16.4. The molecule has 17 heteroatoms. The highest BCUT2D eigenvalue weighted by Crippen LogP contribution is 2.20. The number of hydrazone groups is 1. The standard InChI is InChI=1S/C24H32N10O7/c25-23(39)31-26-13-16(12-20(35)36)27-21(37)18-8-4-5-11-34(18)22(38)17(9-10-19-29-32-33-30-19)28-24(40)41-14-15-6-2-1-3-7-15/h1-3,6-7,13,16-18H,4-5,8-12,14H2,(H,27,37)(H,28,40)(H,35,36)(H3,25,31,39)(H,29,30,32,33)/b26-13+. The van der Waals surface area contributed by atoms with Crippen LogP contribution in [-0.4, -0.2) is 91.4 Å². The van der Waals surface area contributed by atoms with Gasteiger partial charge in [-0.25, -0.2) is 15.0 Å². The highest BCUT2D eigenvalue weighted by Gasteiger charge is 2.37. The maximum absolute atomic E-state index is 13.7. The number of benzene rings is 1. The zero-order chi connectivity index (χ0) is 29.6. The van der Waals surface area contributed by atoms with Crippen molar-refractivity contribution < 1.29 is 33.8 Å². The van der Waals surface area contributed by atoms with Crippen molar-refractivity contribution in [1.29, 1.82) is 0 Å². The number of nitrogens with zero attached hydrogens (tertiary/aromatic N) is 5. The van der Waals surface area contributed by atoms with Crippen LogP contribution in [0.25, 0.3) is 0 Å². The molecule has 220 valence electrons. The van der Waals surface area contributed by atoms with E-state index in [0.29, 0.717) is 25.1 Å². The van der Waals surface area contributed by atoms with Crippen molar-refractivity contribution in [3.63, 3.8) is 0 Å². The number of aliphatic carboxylic acids is 1. The number of aryl methyl sites for hydroxylation is 1. The van der Waals surface area contributed by atoms with Crippen LogP contribution in [0, 0.1) is 0 Å². The molecule has 0 bridgehead atoms. The molecule has 1 aliphatic rings. The Bertz CT molecular complexity index is 1210. The second kappa shape index (κ2) is 15.5. The second-order valence-electron chi connectivity index (χ2n) is 9.14. The van der Waals surface area contributed by atoms with Crippen LogP contribution in [0.1, 0.15) is 43.5 Å². The molecule has 2 heterocycles. The molecule has 5 amide bonds. The minimum absolute atomic E-state index is 0.00962. The number of piperidine rings is 1. The number of primary amides is 1. The van der Waals surface area contributed by atoms with E-state index in [4.69, 9.17) is 10.5 Å². The lowest BCUT2D eigenvalue weighted by Crippen LogP contribution is -2.58. The summed E-state index contributed by atoms with van der Waals surface area (Å²) in [6.07, 6.45) is 1.54. The topological polar surface area (TPSA) is 247 Å². The molecule has 3 atom stereocenters. The first-order valence-electron chi connectivity index (χ1n) is 12.8. The molecule has 1 aliphatic heterocycles. The molecule has 1 aromatic carbocycles. The number of ether oxygens (including phenoxy) is 1. The van der Waals surface area contributed by atoms with Gasteiger partial charge in [-0.2, -0.15) is 10.3 Å². The number of aromatic amines is 1. The van der Waals surface area contributed by atoms with Gasteiger partial charge in [-0.3, -0.25) is 14.4 Å². The van der Waals surface area contributed by atoms with Crippen LogP contribution in [0.4, 0.5) is 9.59 Å². The average Bonchev–Trinajstić information content (AvgIpc) is 3.47. The molecule has 0 radical (unpaired) electrons. The van der Waals surface area contributed by atoms with E-state index < -0.39 is 54.5 Å². The molecule has 0 spiro atoms. The van der Waals surface area contributed by atoms with Crippen molar-refractivity contribution in [2.24, 2.45) is 10.8 Å². The van der Waals surface area contributed by atoms with E-state index >= 15 is 0 Å². The van der Waals surface area contributed by atoms with Crippen molar-refractivity contribution in [2.75, 3.05) is 6.54 Å². The number of rotatable bonds is 13. The Labute approximate surface area is 234 Å². The summed E-state index contributed by atoms with van der Waals surface area (Å²) < 4.78 is 5.29. The summed E-state index contributed by atoms with van der Waals surface area (Å²) in [6.45, 7) is 0.224. The number of aromatic nitrogens is 4. The molecular weight excluding hydrogens is 540 g/mol. The number of H-pyrrole nitrogens is 1. The molecule has 7 N–H and O–H groups in total. The van der Waals surface area contributed by atoms with Gasteiger partial charge in [0.2, 0.25) is 11.8 Å². The predicted octanol–water partition coefficient (Wildman–Crippen LogP) is -0.578. The molecule has 1 fully saturated rings. The molecule has 3 unspecified atom stereocenters. The van der Waals surface area contributed by atoms with Gasteiger partial charge in [0.05, 0.1) is 12.5 Å². The Balaban J connectivity index is 1.72. The number of alkyl carbamates (subject to hydrolysis) is 1. The van der Waals surface area contributed by atoms with Gasteiger partial charge in [0.1, 0.15) is 18.7 Å². The fourth-order valence-corrected chi connectivity index (χ4v) is 4.19. The highest BCUT2D eigenvalue weighted by atomic mass is 16.5. The maximum atomic E-state index is 13.7. The summed E-state index contributed by atoms with van der Waals surface area (Å²) in [5, 5.41) is 31.5. The molecule has 1 aromatic heterocycles. The molecule has 2 aromatic rings. The van der Waals surface area contributed by atoms with Gasteiger partial charge in [0.25, 0.3) is 0 Å². The minimum atomic E-state index is -1.22. The van der Waals surface area contributed by atoms with E-state index in [0.717, 1.165) is 11.8 Å². The van der Waals surface area contributed by atoms with Crippen molar-refractivity contribution in [2.45, 2.75) is 63.3 Å². The number of amides is 5. The molecule has 0 aliphatic carbocycles. The number of carboxylic acids is 1. The Morgan fingerprint density at radius 3 is 2.66 bits per heavy atom. The Morgan fingerprint density at radius 2 is 1.98 bits per heavy atom. The first-order valence-corrected chi connectivity index (χ1v) is 12.8. The number of nitrogens with two attached hydrogens (primary N) is 1. The molecule has 41 heavy (non-hydrogen) atoms. The van der Waals surface area contributed by atoms with E-state index in [1.807, 2.05) is 11.5 Å². The third-order valence-corrected chi connectivity index (χ3v) is 6.09. The third kappa shape index (κ3) is 10.2. The van der Waals surface area contributed by atoms with Crippen LogP contribution in [-0.2, 0) is 32.1 Å². The highest BCUT2D eigenvalue weighted by molar-refractivity contribution is 5.93. The van der Waals surface area contributed by atoms with Gasteiger partial charge in [-0.1, -0.05) is 35.5 Å². The molecule has 17 nitrogen and oxygen atoms in total. The minimum Gasteiger partial charge on any atom is -0.481 e. The second-order valence-corrected chi connectivity index (χ2v) is 9.14. The van der Waals surface area contributed by atoms with Crippen LogP contribution in [0.2, 0.25) is 0 Å². The van der Waals surface area contributed by atoms with Crippen LogP contribution < -0.4 is 21.8 Å². The Kier molecular flexibility index (Phi) is 11.5. The number of likely N-dealkylation sites (tertiary alicyclic amines) is 1. The monoisotopic (exact) mass is 572 g/mol. The first-order chi connectivity index (χ1) is 19.7. The van der Waals surface area contributed by atoms with Crippen LogP contribution in [0.15, 0.2) is 35.4 Å². The van der Waals surface area contributed by atoms with Crippen molar-refractivity contribution in [3.05, 3.63) is 41.7 Å². The smallest absolute Gasteiger partial charge is 0.408 e. The number of carboxylic acid groups (broad SMARTS) is 1. The van der Waals surface area contributed by atoms with Gasteiger partial charge < -0.3 is 31.1 Å². The lowest BCUT2D eigenvalue weighted by Gasteiger charge is -2.37. The third-order valence-electron chi connectivity index (χ3n) is 6.09. The van der Waals surface area contributed by atoms with E-state index in [9.17, 15) is 29.1 Å². The summed E-state index contributed by atoms with van der Waals surface area (Å²) in [5.74, 6) is -2.03. The zero-order valence-electron chi connectivity index (χ0n) is 22.1. The van der Waals surface area contributed by atoms with Gasteiger partial charge >= 0.3 is 18.1 Å². The molecular formula is C24H32N10O7. The molecule has 3 rings (SSSR count). The maximum Gasteiger partial charge on any atom is 0.408 e. The summed E-state index contributed by atoms with van der Waals surface area (Å²) in [5.41, 5.74) is 7.65. The van der Waals surface area contributed by atoms with Crippen molar-refractivity contribution in [3.8, 4) is 0 Å². The lowest BCUT2D eigenvalue weighted by atomic mass is 9.98. The molecule has 0 saturated carbocycles. The number of carbonyl (C=O) groups excluding carboxylic acids is 4. The number of nitrogens with one attached hydrogen (secondary N) is 4. The van der Waals surface area contributed by atoms with Crippen LogP contribution in [0.5, 0.6) is 0 Å². The number of hydrogen-bond acceptors (Lipinski definition) is 10. The van der Waals surface area contributed by atoms with Crippen molar-refractivity contribution in [1.82, 2.24) is 41.6 Å². The SMILES string of the molecule is NC(=O)N/N=C/C(CC(=O)O)NC(=O)C1CCCCN1C(=O)C(CCc1nn[nH]n1)NC(=O)OCc1ccccc1. The summed E-state index contributed by atoms with van der Waals surface area (Å²) in [7, 11) is 0. The zero-order valence-corrected chi connectivity index (χ0v) is 22.1. The van der Waals surface area contributed by atoms with Gasteiger partial charge in [-0.15, -0.1) is 10.2 Å². The Morgan fingerprint density at radius 1 is 1.20 bits per heavy atom. The van der Waals surface area contributed by atoms with Crippen LogP contribution in [0.3, 0.4) is 0 Å². The van der Waals surface area contributed by atoms with E-state index in [-0.39, 0.29) is 26.0 Å². The average molecular weight is 573 g/mol. The fraction of sp³-hybridized carbons (Fsp3) is 0.458. The summed E-state index contributed by atoms with van der Waals surface area (Å²) in [6, 6.07) is 4.92. The molecule has 1 saturated heterocycles. The number of tetrazole rings is 1. The quantitative estimate of drug-likeness (QED) is 0.132. The van der Waals surface area contributed by atoms with Crippen molar-refractivity contribution >= 4 is 36.1 Å². The van der Waals surface area contributed by atoms with E-state index in [2.05, 4.69) is 36.4 Å².